The molecule has 0 spiro atoms. The third-order valence-electron chi connectivity index (χ3n) is 4.35. The number of thiazole rings is 1. The van der Waals surface area contributed by atoms with Crippen LogP contribution in [0.15, 0.2) is 47.4 Å². The monoisotopic (exact) mass is 438 g/mol. The molecule has 0 N–H and O–H groups in total. The molecule has 28 heavy (non-hydrogen) atoms. The number of hydrogen-bond donors (Lipinski definition) is 0. The number of halogens is 1. The highest BCUT2D eigenvalue weighted by atomic mass is 35.5. The second-order valence-corrected chi connectivity index (χ2v) is 9.48. The van der Waals surface area contributed by atoms with Gasteiger partial charge in [0.05, 0.1) is 40.4 Å². The molecule has 0 radical (unpaired) electrons. The lowest BCUT2D eigenvalue weighted by Gasteiger charge is -2.37. The Morgan fingerprint density at radius 1 is 1.21 bits per heavy atom. The van der Waals surface area contributed by atoms with Gasteiger partial charge >= 0.3 is 5.97 Å². The predicted molar refractivity (Wildman–Crippen MR) is 106 cm³/mol. The molecule has 1 aliphatic heterocycles. The maximum atomic E-state index is 12.7. The van der Waals surface area contributed by atoms with E-state index < -0.39 is 16.0 Å². The van der Waals surface area contributed by atoms with Crippen LogP contribution in [0.4, 0.5) is 0 Å². The molecule has 0 atom stereocenters. The lowest BCUT2D eigenvalue weighted by atomic mass is 10.2. The fourth-order valence-electron chi connectivity index (χ4n) is 2.79. The molecule has 1 aliphatic rings. The molecule has 7 nitrogen and oxygen atoms in total. The third kappa shape index (κ3) is 3.46. The molecule has 10 heteroatoms. The highest BCUT2D eigenvalue weighted by molar-refractivity contribution is 7.89. The number of nitrogens with zero attached hydrogens (tertiary/aromatic N) is 2. The first-order chi connectivity index (χ1) is 13.4. The summed E-state index contributed by atoms with van der Waals surface area (Å²) in [6.07, 6.45) is -0.275. The number of esters is 1. The standard InChI is InChI=1S/C18H15ClN2O5S2/c1-25-17(22)11-5-7-13(8-6-11)28(23,24)21-9-12(10-21)26-18-20-16-14(19)3-2-4-15(16)27-18/h2-8,12H,9-10H2,1H3. The molecular weight excluding hydrogens is 424 g/mol. The zero-order chi connectivity index (χ0) is 19.9. The van der Waals surface area contributed by atoms with Crippen LogP contribution in [0.1, 0.15) is 10.4 Å². The van der Waals surface area contributed by atoms with Gasteiger partial charge in [0.1, 0.15) is 11.6 Å². The molecule has 0 aliphatic carbocycles. The lowest BCUT2D eigenvalue weighted by Crippen LogP contribution is -2.55. The van der Waals surface area contributed by atoms with Crippen LogP contribution in [0.2, 0.25) is 5.02 Å². The second kappa shape index (κ2) is 7.32. The molecular formula is C18H15ClN2O5S2. The minimum atomic E-state index is -3.64. The summed E-state index contributed by atoms with van der Waals surface area (Å²) in [5.41, 5.74) is 0.972. The van der Waals surface area contributed by atoms with Gasteiger partial charge in [-0.1, -0.05) is 29.0 Å². The number of hydrogen-bond acceptors (Lipinski definition) is 7. The Morgan fingerprint density at radius 2 is 1.93 bits per heavy atom. The molecule has 0 bridgehead atoms. The molecule has 2 aromatic carbocycles. The Hall–Kier alpha value is -2.20. The lowest BCUT2D eigenvalue weighted by molar-refractivity contribution is 0.0600. The summed E-state index contributed by atoms with van der Waals surface area (Å²) in [7, 11) is -2.37. The van der Waals surface area contributed by atoms with Crippen molar-refractivity contribution >= 4 is 49.1 Å². The van der Waals surface area contributed by atoms with Gasteiger partial charge < -0.3 is 9.47 Å². The molecule has 0 unspecified atom stereocenters. The first-order valence-corrected chi connectivity index (χ1v) is 10.9. The number of methoxy groups -OCH3 is 1. The van der Waals surface area contributed by atoms with Crippen LogP contribution in [0.25, 0.3) is 10.2 Å². The number of aromatic nitrogens is 1. The van der Waals surface area contributed by atoms with E-state index in [1.165, 1.54) is 47.0 Å². The summed E-state index contributed by atoms with van der Waals surface area (Å²) in [5, 5.41) is 1.02. The van der Waals surface area contributed by atoms with Crippen molar-refractivity contribution in [3.8, 4) is 5.19 Å². The zero-order valence-electron chi connectivity index (χ0n) is 14.7. The van der Waals surface area contributed by atoms with Gasteiger partial charge in [0, 0.05) is 0 Å². The quantitative estimate of drug-likeness (QED) is 0.569. The van der Waals surface area contributed by atoms with E-state index in [9.17, 15) is 13.2 Å². The van der Waals surface area contributed by atoms with E-state index in [0.717, 1.165) is 4.70 Å². The molecule has 0 saturated carbocycles. The molecule has 3 aromatic rings. The third-order valence-corrected chi connectivity index (χ3v) is 7.41. The minimum Gasteiger partial charge on any atom is -0.465 e. The van der Waals surface area contributed by atoms with Gasteiger partial charge in [-0.05, 0) is 36.4 Å². The number of carbonyl (C=O) groups is 1. The fourth-order valence-corrected chi connectivity index (χ4v) is 5.47. The van der Waals surface area contributed by atoms with E-state index in [-0.39, 0.29) is 24.1 Å². The largest absolute Gasteiger partial charge is 0.465 e. The van der Waals surface area contributed by atoms with Crippen molar-refractivity contribution in [2.24, 2.45) is 0 Å². The Labute approximate surface area is 170 Å². The normalized spacial score (nSPS) is 15.4. The summed E-state index contributed by atoms with van der Waals surface area (Å²) in [6.45, 7) is 0.454. The highest BCUT2D eigenvalue weighted by Crippen LogP contribution is 2.34. The van der Waals surface area contributed by atoms with E-state index in [0.29, 0.717) is 21.3 Å². The van der Waals surface area contributed by atoms with Crippen LogP contribution in [-0.2, 0) is 14.8 Å². The van der Waals surface area contributed by atoms with E-state index >= 15 is 0 Å². The number of rotatable bonds is 5. The van der Waals surface area contributed by atoms with Crippen molar-refractivity contribution in [3.63, 3.8) is 0 Å². The van der Waals surface area contributed by atoms with E-state index in [1.54, 1.807) is 6.07 Å². The van der Waals surface area contributed by atoms with Crippen molar-refractivity contribution in [2.45, 2.75) is 11.0 Å². The van der Waals surface area contributed by atoms with Gasteiger partial charge in [0.15, 0.2) is 0 Å². The van der Waals surface area contributed by atoms with Crippen LogP contribution in [-0.4, -0.2) is 50.0 Å². The van der Waals surface area contributed by atoms with Crippen LogP contribution < -0.4 is 4.74 Å². The summed E-state index contributed by atoms with van der Waals surface area (Å²) in [4.78, 5) is 15.9. The average molecular weight is 439 g/mol. The minimum absolute atomic E-state index is 0.116. The number of para-hydroxylation sites is 1. The highest BCUT2D eigenvalue weighted by Gasteiger charge is 2.38. The summed E-state index contributed by atoms with van der Waals surface area (Å²) >= 11 is 7.49. The summed E-state index contributed by atoms with van der Waals surface area (Å²) < 4.78 is 38.0. The Balaban J connectivity index is 1.42. The Bertz CT molecular complexity index is 1140. The molecule has 146 valence electrons. The number of sulfonamides is 1. The van der Waals surface area contributed by atoms with Crippen molar-refractivity contribution in [1.29, 1.82) is 0 Å². The Morgan fingerprint density at radius 3 is 2.57 bits per heavy atom. The second-order valence-electron chi connectivity index (χ2n) is 6.14. The summed E-state index contributed by atoms with van der Waals surface area (Å²) in [6, 6.07) is 11.2. The Kier molecular flexibility index (Phi) is 5.00. The molecule has 2 heterocycles. The van der Waals surface area contributed by atoms with E-state index in [1.807, 2.05) is 12.1 Å². The average Bonchev–Trinajstić information content (AvgIpc) is 3.08. The maximum Gasteiger partial charge on any atom is 0.337 e. The number of fused-ring (bicyclic) bond motifs is 1. The SMILES string of the molecule is COC(=O)c1ccc(S(=O)(=O)N2CC(Oc3nc4c(Cl)cccc4s3)C2)cc1. The number of carbonyl (C=O) groups excluding carboxylic acids is 1. The van der Waals surface area contributed by atoms with Crippen LogP contribution in [0.3, 0.4) is 0 Å². The van der Waals surface area contributed by atoms with Crippen LogP contribution in [0.5, 0.6) is 5.19 Å². The maximum absolute atomic E-state index is 12.7. The zero-order valence-corrected chi connectivity index (χ0v) is 17.1. The van der Waals surface area contributed by atoms with Gasteiger partial charge in [-0.3, -0.25) is 0 Å². The van der Waals surface area contributed by atoms with Gasteiger partial charge in [-0.15, -0.1) is 0 Å². The van der Waals surface area contributed by atoms with E-state index in [4.69, 9.17) is 16.3 Å². The number of ether oxygens (including phenoxy) is 2. The van der Waals surface area contributed by atoms with Crippen LogP contribution in [0, 0.1) is 0 Å². The molecule has 1 saturated heterocycles. The first kappa shape index (κ1) is 19.1. The van der Waals surface area contributed by atoms with Crippen molar-refractivity contribution < 1.29 is 22.7 Å². The molecule has 4 rings (SSSR count). The van der Waals surface area contributed by atoms with Crippen molar-refractivity contribution in [2.75, 3.05) is 20.2 Å². The van der Waals surface area contributed by atoms with Crippen molar-refractivity contribution in [1.82, 2.24) is 9.29 Å². The van der Waals surface area contributed by atoms with E-state index in [2.05, 4.69) is 9.72 Å². The molecule has 1 aromatic heterocycles. The topological polar surface area (TPSA) is 85.8 Å². The molecule has 0 amide bonds. The van der Waals surface area contributed by atoms with Gasteiger partial charge in [-0.2, -0.15) is 4.31 Å². The smallest absolute Gasteiger partial charge is 0.337 e. The summed E-state index contributed by atoms with van der Waals surface area (Å²) in [5.74, 6) is -0.516. The van der Waals surface area contributed by atoms with Gasteiger partial charge in [0.2, 0.25) is 10.0 Å². The number of benzene rings is 2. The first-order valence-electron chi connectivity index (χ1n) is 8.29. The predicted octanol–water partition coefficient (Wildman–Crippen LogP) is 3.19. The van der Waals surface area contributed by atoms with Crippen molar-refractivity contribution in [3.05, 3.63) is 53.1 Å². The fraction of sp³-hybridized carbons (Fsp3) is 0.222. The van der Waals surface area contributed by atoms with Gasteiger partial charge in [-0.25, -0.2) is 18.2 Å². The van der Waals surface area contributed by atoms with Gasteiger partial charge in [0.25, 0.3) is 5.19 Å². The van der Waals surface area contributed by atoms with Crippen LogP contribution >= 0.6 is 22.9 Å². The molecule has 1 fully saturated rings.